The van der Waals surface area contributed by atoms with Gasteiger partial charge in [-0.2, -0.15) is 13.5 Å². The number of carbonyl (C=O) groups is 1. The third kappa shape index (κ3) is 5.12. The molecule has 12 heteroatoms. The monoisotopic (exact) mass is 383 g/mol. The SMILES string of the molecule is Cc1ccc(OCC(=O)N/N=C\c2ccc(S(=O)(=O)O)o2)c([N+](=O)[O-])c1. The van der Waals surface area contributed by atoms with Crippen molar-refractivity contribution >= 4 is 27.9 Å². The first-order valence-electron chi connectivity index (χ1n) is 6.94. The summed E-state index contributed by atoms with van der Waals surface area (Å²) in [6.45, 7) is 1.15. The van der Waals surface area contributed by atoms with Crippen molar-refractivity contribution in [3.63, 3.8) is 0 Å². The quantitative estimate of drug-likeness (QED) is 0.313. The fourth-order valence-corrected chi connectivity index (χ4v) is 2.22. The number of ether oxygens (including phenoxy) is 1. The van der Waals surface area contributed by atoms with Crippen LogP contribution in [0.15, 0.2) is 44.9 Å². The molecule has 0 saturated heterocycles. The minimum absolute atomic E-state index is 0.0342. The van der Waals surface area contributed by atoms with Crippen LogP contribution in [0.3, 0.4) is 0 Å². The Morgan fingerprint density at radius 2 is 2.15 bits per heavy atom. The van der Waals surface area contributed by atoms with Gasteiger partial charge in [0.1, 0.15) is 5.76 Å². The van der Waals surface area contributed by atoms with Gasteiger partial charge in [0.25, 0.3) is 5.91 Å². The number of nitro benzene ring substituents is 1. The maximum atomic E-state index is 11.6. The number of hydrogen-bond acceptors (Lipinski definition) is 8. The summed E-state index contributed by atoms with van der Waals surface area (Å²) in [5, 5.41) is 13.8. The molecule has 26 heavy (non-hydrogen) atoms. The molecule has 0 aliphatic rings. The van der Waals surface area contributed by atoms with Crippen LogP contribution in [0.2, 0.25) is 0 Å². The van der Waals surface area contributed by atoms with Crippen molar-refractivity contribution in [2.24, 2.45) is 5.10 Å². The van der Waals surface area contributed by atoms with Crippen LogP contribution in [0.4, 0.5) is 5.69 Å². The Morgan fingerprint density at radius 3 is 2.77 bits per heavy atom. The van der Waals surface area contributed by atoms with Crippen molar-refractivity contribution < 1.29 is 31.8 Å². The van der Waals surface area contributed by atoms with Crippen molar-refractivity contribution in [2.45, 2.75) is 12.0 Å². The molecule has 2 rings (SSSR count). The highest BCUT2D eigenvalue weighted by molar-refractivity contribution is 7.85. The molecule has 1 heterocycles. The van der Waals surface area contributed by atoms with Gasteiger partial charge in [0.15, 0.2) is 12.4 Å². The summed E-state index contributed by atoms with van der Waals surface area (Å²) < 4.78 is 40.3. The number of nitrogens with one attached hydrogen (secondary N) is 1. The predicted molar refractivity (Wildman–Crippen MR) is 87.6 cm³/mol. The molecule has 2 aromatic rings. The summed E-state index contributed by atoms with van der Waals surface area (Å²) in [6, 6.07) is 6.52. The van der Waals surface area contributed by atoms with Crippen LogP contribution >= 0.6 is 0 Å². The van der Waals surface area contributed by atoms with Crippen LogP contribution in [0.5, 0.6) is 5.75 Å². The molecule has 0 spiro atoms. The molecular weight excluding hydrogens is 370 g/mol. The van der Waals surface area contributed by atoms with Crippen molar-refractivity contribution in [2.75, 3.05) is 6.61 Å². The summed E-state index contributed by atoms with van der Waals surface area (Å²) >= 11 is 0. The lowest BCUT2D eigenvalue weighted by atomic mass is 10.2. The van der Waals surface area contributed by atoms with Crippen LogP contribution in [-0.4, -0.2) is 36.6 Å². The Labute approximate surface area is 147 Å². The molecule has 0 atom stereocenters. The topological polar surface area (TPSA) is 161 Å². The fourth-order valence-electron chi connectivity index (χ4n) is 1.78. The smallest absolute Gasteiger partial charge is 0.328 e. The zero-order valence-electron chi connectivity index (χ0n) is 13.3. The maximum Gasteiger partial charge on any atom is 0.328 e. The van der Waals surface area contributed by atoms with Gasteiger partial charge in [-0.3, -0.25) is 19.5 Å². The second-order valence-corrected chi connectivity index (χ2v) is 6.29. The Kier molecular flexibility index (Phi) is 5.69. The zero-order valence-corrected chi connectivity index (χ0v) is 14.1. The van der Waals surface area contributed by atoms with E-state index >= 15 is 0 Å². The van der Waals surface area contributed by atoms with Gasteiger partial charge in [-0.15, -0.1) is 0 Å². The van der Waals surface area contributed by atoms with E-state index in [2.05, 4.69) is 10.5 Å². The van der Waals surface area contributed by atoms with E-state index in [0.29, 0.717) is 5.56 Å². The molecule has 0 aliphatic heterocycles. The summed E-state index contributed by atoms with van der Waals surface area (Å²) in [4.78, 5) is 22.0. The van der Waals surface area contributed by atoms with E-state index in [-0.39, 0.29) is 17.2 Å². The third-order valence-electron chi connectivity index (χ3n) is 2.91. The van der Waals surface area contributed by atoms with E-state index < -0.39 is 32.6 Å². The number of hydrogen-bond donors (Lipinski definition) is 2. The van der Waals surface area contributed by atoms with E-state index in [1.807, 2.05) is 0 Å². The van der Waals surface area contributed by atoms with E-state index in [1.54, 1.807) is 13.0 Å². The largest absolute Gasteiger partial charge is 0.477 e. The van der Waals surface area contributed by atoms with Gasteiger partial charge < -0.3 is 9.15 Å². The lowest BCUT2D eigenvalue weighted by Gasteiger charge is -2.06. The Balaban J connectivity index is 1.92. The molecule has 0 fully saturated rings. The molecule has 0 saturated carbocycles. The van der Waals surface area contributed by atoms with E-state index in [0.717, 1.165) is 12.3 Å². The second-order valence-electron chi connectivity index (χ2n) is 4.94. The van der Waals surface area contributed by atoms with Crippen LogP contribution in [0, 0.1) is 17.0 Å². The summed E-state index contributed by atoms with van der Waals surface area (Å²) in [7, 11) is -4.47. The van der Waals surface area contributed by atoms with Gasteiger partial charge in [-0.1, -0.05) is 6.07 Å². The molecule has 0 unspecified atom stereocenters. The van der Waals surface area contributed by atoms with Crippen LogP contribution in [0.25, 0.3) is 0 Å². The molecule has 1 aromatic carbocycles. The standard InChI is InChI=1S/C14H13N3O8S/c1-9-2-4-12(11(6-9)17(19)20)24-8-13(18)16-15-7-10-3-5-14(25-10)26(21,22)23/h2-7H,8H2,1H3,(H,16,18)(H,21,22,23)/b15-7-. The minimum Gasteiger partial charge on any atom is -0.477 e. The molecule has 1 aromatic heterocycles. The predicted octanol–water partition coefficient (Wildman–Crippen LogP) is 1.27. The van der Waals surface area contributed by atoms with Crippen LogP contribution in [0.1, 0.15) is 11.3 Å². The Hall–Kier alpha value is -3.25. The van der Waals surface area contributed by atoms with Gasteiger partial charge in [0.2, 0.25) is 5.09 Å². The Bertz CT molecular complexity index is 964. The van der Waals surface area contributed by atoms with Crippen molar-refractivity contribution in [1.82, 2.24) is 5.43 Å². The first-order valence-corrected chi connectivity index (χ1v) is 8.38. The molecule has 2 N–H and O–H groups in total. The lowest BCUT2D eigenvalue weighted by molar-refractivity contribution is -0.385. The average molecular weight is 383 g/mol. The average Bonchev–Trinajstić information content (AvgIpc) is 3.02. The summed E-state index contributed by atoms with van der Waals surface area (Å²) in [5.41, 5.74) is 2.47. The third-order valence-corrected chi connectivity index (χ3v) is 3.64. The number of nitrogens with zero attached hydrogens (tertiary/aromatic N) is 2. The molecule has 0 bridgehead atoms. The van der Waals surface area contributed by atoms with Crippen molar-refractivity contribution in [1.29, 1.82) is 0 Å². The second kappa shape index (κ2) is 7.76. The molecule has 1 amide bonds. The van der Waals surface area contributed by atoms with Crippen molar-refractivity contribution in [3.05, 3.63) is 51.8 Å². The van der Waals surface area contributed by atoms with E-state index in [1.165, 1.54) is 18.2 Å². The van der Waals surface area contributed by atoms with Gasteiger partial charge >= 0.3 is 15.8 Å². The highest BCUT2D eigenvalue weighted by Gasteiger charge is 2.16. The summed E-state index contributed by atoms with van der Waals surface area (Å²) in [6.07, 6.45) is 1.00. The molecule has 11 nitrogen and oxygen atoms in total. The Morgan fingerprint density at radius 1 is 1.42 bits per heavy atom. The number of nitro groups is 1. The van der Waals surface area contributed by atoms with Crippen molar-refractivity contribution in [3.8, 4) is 5.75 Å². The zero-order chi connectivity index (χ0) is 19.3. The number of rotatable bonds is 7. The number of aryl methyl sites for hydroxylation is 1. The summed E-state index contributed by atoms with van der Waals surface area (Å²) in [5.74, 6) is -0.811. The fraction of sp³-hybridized carbons (Fsp3) is 0.143. The van der Waals surface area contributed by atoms with Gasteiger partial charge in [0, 0.05) is 6.07 Å². The first kappa shape index (κ1) is 19.1. The van der Waals surface area contributed by atoms with Gasteiger partial charge in [0.05, 0.1) is 11.1 Å². The molecule has 0 radical (unpaired) electrons. The highest BCUT2D eigenvalue weighted by Crippen LogP contribution is 2.27. The lowest BCUT2D eigenvalue weighted by Crippen LogP contribution is -2.24. The molecular formula is C14H13N3O8S. The maximum absolute atomic E-state index is 11.6. The number of hydrazone groups is 1. The van der Waals surface area contributed by atoms with Crippen LogP contribution in [-0.2, 0) is 14.9 Å². The number of amides is 1. The number of benzene rings is 1. The normalized spacial score (nSPS) is 11.5. The highest BCUT2D eigenvalue weighted by atomic mass is 32.2. The van der Waals surface area contributed by atoms with Crippen LogP contribution < -0.4 is 10.2 Å². The number of carbonyl (C=O) groups excluding carboxylic acids is 1. The first-order chi connectivity index (χ1) is 12.2. The molecule has 0 aliphatic carbocycles. The number of furan rings is 1. The van der Waals surface area contributed by atoms with E-state index in [4.69, 9.17) is 13.7 Å². The minimum atomic E-state index is -4.47. The van der Waals surface area contributed by atoms with E-state index in [9.17, 15) is 23.3 Å². The van der Waals surface area contributed by atoms with Gasteiger partial charge in [-0.25, -0.2) is 5.43 Å². The molecule has 138 valence electrons. The van der Waals surface area contributed by atoms with Gasteiger partial charge in [-0.05, 0) is 30.7 Å².